The van der Waals surface area contributed by atoms with E-state index < -0.39 is 0 Å². The third-order valence-electron chi connectivity index (χ3n) is 3.73. The zero-order chi connectivity index (χ0) is 14.5. The van der Waals surface area contributed by atoms with Crippen LogP contribution in [0.4, 0.5) is 0 Å². The van der Waals surface area contributed by atoms with E-state index in [1.807, 2.05) is 24.3 Å². The zero-order valence-electron chi connectivity index (χ0n) is 12.0. The lowest BCUT2D eigenvalue weighted by atomic mass is 9.98. The van der Waals surface area contributed by atoms with Crippen LogP contribution in [0.3, 0.4) is 0 Å². The van der Waals surface area contributed by atoms with Crippen molar-refractivity contribution in [2.45, 2.75) is 25.7 Å². The summed E-state index contributed by atoms with van der Waals surface area (Å²) >= 11 is 0. The minimum Gasteiger partial charge on any atom is -0.441 e. The molecule has 0 bridgehead atoms. The first kappa shape index (κ1) is 14.1. The highest BCUT2D eigenvalue weighted by Crippen LogP contribution is 2.17. The van der Waals surface area contributed by atoms with Gasteiger partial charge in [0.15, 0.2) is 11.5 Å². The van der Waals surface area contributed by atoms with E-state index in [9.17, 15) is 4.79 Å². The number of hydrogen-bond acceptors (Lipinski definition) is 4. The Kier molecular flexibility index (Phi) is 4.50. The zero-order valence-corrected chi connectivity index (χ0v) is 12.0. The number of carbonyl (C=O) groups is 1. The smallest absolute Gasteiger partial charge is 0.220 e. The van der Waals surface area contributed by atoms with Gasteiger partial charge in [-0.05, 0) is 30.9 Å². The van der Waals surface area contributed by atoms with Gasteiger partial charge in [-0.3, -0.25) is 4.79 Å². The summed E-state index contributed by atoms with van der Waals surface area (Å²) in [4.78, 5) is 16.2. The van der Waals surface area contributed by atoms with Crippen LogP contribution in [0.2, 0.25) is 0 Å². The molecule has 2 heterocycles. The fourth-order valence-electron chi connectivity index (χ4n) is 2.64. The molecule has 112 valence electrons. The molecule has 0 radical (unpaired) electrons. The van der Waals surface area contributed by atoms with Gasteiger partial charge in [0.1, 0.15) is 5.52 Å². The minimum absolute atomic E-state index is 0.0848. The maximum Gasteiger partial charge on any atom is 0.220 e. The quantitative estimate of drug-likeness (QED) is 0.917. The standard InChI is InChI=1S/C16H20N2O3/c19-15(10-12-4-3-9-20-11-12)17-8-7-16-18-13-5-1-2-6-14(13)21-16/h1-2,5-6,12H,3-4,7-11H2,(H,17,19). The van der Waals surface area contributed by atoms with Gasteiger partial charge in [-0.15, -0.1) is 0 Å². The van der Waals surface area contributed by atoms with Crippen molar-refractivity contribution >= 4 is 17.0 Å². The predicted molar refractivity (Wildman–Crippen MR) is 78.9 cm³/mol. The number of oxazole rings is 1. The van der Waals surface area contributed by atoms with Crippen molar-refractivity contribution in [1.29, 1.82) is 0 Å². The van der Waals surface area contributed by atoms with Crippen molar-refractivity contribution in [2.24, 2.45) is 5.92 Å². The molecule has 1 aliphatic rings. The van der Waals surface area contributed by atoms with Gasteiger partial charge >= 0.3 is 0 Å². The van der Waals surface area contributed by atoms with Crippen LogP contribution in [0.1, 0.15) is 25.2 Å². The summed E-state index contributed by atoms with van der Waals surface area (Å²) in [6, 6.07) is 7.67. The van der Waals surface area contributed by atoms with Crippen LogP contribution in [0, 0.1) is 5.92 Å². The number of ether oxygens (including phenoxy) is 1. The van der Waals surface area contributed by atoms with Gasteiger partial charge in [0.25, 0.3) is 0 Å². The number of carbonyl (C=O) groups excluding carboxylic acids is 1. The largest absolute Gasteiger partial charge is 0.441 e. The average molecular weight is 288 g/mol. The Labute approximate surface area is 123 Å². The van der Waals surface area contributed by atoms with E-state index in [4.69, 9.17) is 9.15 Å². The summed E-state index contributed by atoms with van der Waals surface area (Å²) in [6.45, 7) is 2.09. The first-order valence-electron chi connectivity index (χ1n) is 7.50. The second-order valence-electron chi connectivity index (χ2n) is 5.46. The maximum absolute atomic E-state index is 11.9. The Morgan fingerprint density at radius 1 is 1.38 bits per heavy atom. The Bertz CT molecular complexity index is 569. The molecule has 1 unspecified atom stereocenters. The number of para-hydroxylation sites is 2. The molecule has 1 N–H and O–H groups in total. The van der Waals surface area contributed by atoms with Crippen molar-refractivity contribution in [3.63, 3.8) is 0 Å². The number of aromatic nitrogens is 1. The number of hydrogen-bond donors (Lipinski definition) is 1. The van der Waals surface area contributed by atoms with Gasteiger partial charge in [-0.25, -0.2) is 4.98 Å². The highest BCUT2D eigenvalue weighted by atomic mass is 16.5. The van der Waals surface area contributed by atoms with E-state index in [0.717, 1.165) is 30.5 Å². The second kappa shape index (κ2) is 6.72. The first-order valence-corrected chi connectivity index (χ1v) is 7.50. The molecule has 1 aliphatic heterocycles. The van der Waals surface area contributed by atoms with E-state index >= 15 is 0 Å². The molecule has 5 nitrogen and oxygen atoms in total. The lowest BCUT2D eigenvalue weighted by Crippen LogP contribution is -2.30. The molecule has 0 aliphatic carbocycles. The molecule has 1 aromatic heterocycles. The molecule has 1 saturated heterocycles. The summed E-state index contributed by atoms with van der Waals surface area (Å²) in [5, 5.41) is 2.93. The van der Waals surface area contributed by atoms with E-state index in [0.29, 0.717) is 37.8 Å². The van der Waals surface area contributed by atoms with Gasteiger partial charge in [-0.1, -0.05) is 12.1 Å². The monoisotopic (exact) mass is 288 g/mol. The third-order valence-corrected chi connectivity index (χ3v) is 3.73. The molecule has 5 heteroatoms. The number of fused-ring (bicyclic) bond motifs is 1. The predicted octanol–water partition coefficient (Wildman–Crippen LogP) is 2.30. The molecule has 1 atom stereocenters. The van der Waals surface area contributed by atoms with Crippen LogP contribution >= 0.6 is 0 Å². The van der Waals surface area contributed by atoms with Crippen LogP contribution in [0.25, 0.3) is 11.1 Å². The summed E-state index contributed by atoms with van der Waals surface area (Å²) < 4.78 is 11.0. The van der Waals surface area contributed by atoms with Crippen LogP contribution in [0.5, 0.6) is 0 Å². The summed E-state index contributed by atoms with van der Waals surface area (Å²) in [6.07, 6.45) is 3.30. The summed E-state index contributed by atoms with van der Waals surface area (Å²) in [5.41, 5.74) is 1.65. The molecule has 0 spiro atoms. The topological polar surface area (TPSA) is 64.4 Å². The van der Waals surface area contributed by atoms with E-state index in [1.54, 1.807) is 0 Å². The fourth-order valence-corrected chi connectivity index (χ4v) is 2.64. The second-order valence-corrected chi connectivity index (χ2v) is 5.46. The molecule has 0 saturated carbocycles. The van der Waals surface area contributed by atoms with Crippen molar-refractivity contribution in [2.75, 3.05) is 19.8 Å². The van der Waals surface area contributed by atoms with Gasteiger partial charge < -0.3 is 14.5 Å². The Hall–Kier alpha value is -1.88. The normalized spacial score (nSPS) is 18.8. The highest BCUT2D eigenvalue weighted by Gasteiger charge is 2.17. The van der Waals surface area contributed by atoms with Gasteiger partial charge in [-0.2, -0.15) is 0 Å². The number of nitrogens with zero attached hydrogens (tertiary/aromatic N) is 1. The third kappa shape index (κ3) is 3.82. The molecular weight excluding hydrogens is 268 g/mol. The molecule has 1 fully saturated rings. The van der Waals surface area contributed by atoms with Crippen LogP contribution in [-0.4, -0.2) is 30.6 Å². The summed E-state index contributed by atoms with van der Waals surface area (Å²) in [5.74, 6) is 1.11. The van der Waals surface area contributed by atoms with Crippen molar-refractivity contribution < 1.29 is 13.9 Å². The molecule has 21 heavy (non-hydrogen) atoms. The molecule has 2 aromatic rings. The fraction of sp³-hybridized carbons (Fsp3) is 0.500. The van der Waals surface area contributed by atoms with Gasteiger partial charge in [0.05, 0.1) is 0 Å². The highest BCUT2D eigenvalue weighted by molar-refractivity contribution is 5.76. The van der Waals surface area contributed by atoms with Crippen molar-refractivity contribution in [1.82, 2.24) is 10.3 Å². The van der Waals surface area contributed by atoms with Crippen LogP contribution in [0.15, 0.2) is 28.7 Å². The minimum atomic E-state index is 0.0848. The molecule has 3 rings (SSSR count). The number of rotatable bonds is 5. The van der Waals surface area contributed by atoms with Gasteiger partial charge in [0.2, 0.25) is 5.91 Å². The SMILES string of the molecule is O=C(CC1CCCOC1)NCCc1nc2ccccc2o1. The molecule has 1 amide bonds. The van der Waals surface area contributed by atoms with E-state index in [1.165, 1.54) is 0 Å². The van der Waals surface area contributed by atoms with Crippen LogP contribution in [-0.2, 0) is 16.0 Å². The lowest BCUT2D eigenvalue weighted by Gasteiger charge is -2.21. The number of benzene rings is 1. The average Bonchev–Trinajstić information content (AvgIpc) is 2.91. The maximum atomic E-state index is 11.9. The molecule has 1 aromatic carbocycles. The lowest BCUT2D eigenvalue weighted by molar-refractivity contribution is -0.123. The van der Waals surface area contributed by atoms with Crippen molar-refractivity contribution in [3.8, 4) is 0 Å². The first-order chi connectivity index (χ1) is 10.3. The summed E-state index contributed by atoms with van der Waals surface area (Å²) in [7, 11) is 0. The Morgan fingerprint density at radius 3 is 3.10 bits per heavy atom. The van der Waals surface area contributed by atoms with Gasteiger partial charge in [0, 0.05) is 32.6 Å². The Morgan fingerprint density at radius 2 is 2.29 bits per heavy atom. The van der Waals surface area contributed by atoms with E-state index in [-0.39, 0.29) is 5.91 Å². The molecular formula is C16H20N2O3. The Balaban J connectivity index is 1.43. The van der Waals surface area contributed by atoms with Crippen LogP contribution < -0.4 is 5.32 Å². The van der Waals surface area contributed by atoms with E-state index in [2.05, 4.69) is 10.3 Å². The number of amides is 1. The van der Waals surface area contributed by atoms with Crippen molar-refractivity contribution in [3.05, 3.63) is 30.2 Å². The number of nitrogens with one attached hydrogen (secondary N) is 1.